The number of benzene rings is 1. The average molecular weight is 445 g/mol. The lowest BCUT2D eigenvalue weighted by atomic mass is 9.79. The van der Waals surface area contributed by atoms with Crippen LogP contribution in [0.5, 0.6) is 5.75 Å². The molecule has 0 aromatic heterocycles. The van der Waals surface area contributed by atoms with E-state index >= 15 is 0 Å². The molecule has 6 nitrogen and oxygen atoms in total. The quantitative estimate of drug-likeness (QED) is 0.617. The molecule has 31 heavy (non-hydrogen) atoms. The highest BCUT2D eigenvalue weighted by atomic mass is 19.4. The Labute approximate surface area is 180 Å². The molecular weight excluding hydrogens is 415 g/mol. The molecule has 1 aliphatic carbocycles. The van der Waals surface area contributed by atoms with Crippen molar-refractivity contribution < 1.29 is 37.0 Å². The van der Waals surface area contributed by atoms with E-state index in [9.17, 15) is 22.8 Å². The minimum atomic E-state index is -4.43. The molecule has 0 saturated heterocycles. The van der Waals surface area contributed by atoms with E-state index in [1.165, 1.54) is 19.2 Å². The maximum atomic E-state index is 12.9. The predicted octanol–water partition coefficient (Wildman–Crippen LogP) is 3.79. The van der Waals surface area contributed by atoms with Crippen LogP contribution in [-0.2, 0) is 25.5 Å². The van der Waals surface area contributed by atoms with Crippen LogP contribution in [-0.4, -0.2) is 50.0 Å². The number of methoxy groups -OCH3 is 1. The molecule has 2 rings (SSSR count). The molecule has 1 aromatic rings. The van der Waals surface area contributed by atoms with Gasteiger partial charge >= 0.3 is 12.1 Å². The third-order valence-corrected chi connectivity index (χ3v) is 5.47. The molecule has 1 saturated carbocycles. The van der Waals surface area contributed by atoms with Gasteiger partial charge in [0.25, 0.3) is 0 Å². The van der Waals surface area contributed by atoms with Gasteiger partial charge in [0.05, 0.1) is 19.6 Å². The topological polar surface area (TPSA) is 73.9 Å². The van der Waals surface area contributed by atoms with Crippen LogP contribution in [0.1, 0.15) is 49.3 Å². The highest BCUT2D eigenvalue weighted by Gasteiger charge is 2.45. The molecule has 0 bridgehead atoms. The van der Waals surface area contributed by atoms with E-state index in [4.69, 9.17) is 14.2 Å². The summed E-state index contributed by atoms with van der Waals surface area (Å²) in [4.78, 5) is 25.4. The van der Waals surface area contributed by atoms with Crippen molar-refractivity contribution in [3.63, 3.8) is 0 Å². The Kier molecular flexibility index (Phi) is 8.34. The van der Waals surface area contributed by atoms with Crippen molar-refractivity contribution in [2.75, 3.05) is 20.3 Å². The summed E-state index contributed by atoms with van der Waals surface area (Å²) in [5, 5.41) is 2.86. The maximum Gasteiger partial charge on any atom is 0.422 e. The van der Waals surface area contributed by atoms with E-state index < -0.39 is 24.3 Å². The van der Waals surface area contributed by atoms with Gasteiger partial charge in [-0.2, -0.15) is 13.2 Å². The second-order valence-electron chi connectivity index (χ2n) is 7.91. The number of halogens is 3. The SMILES string of the molecule is CCO[C@H]1CCC[C@@](NC(=O)Cc2c(C)cc(OCC(F)(F)F)cc2C)(C(=O)OC)C1. The summed E-state index contributed by atoms with van der Waals surface area (Å²) in [6.07, 6.45) is -2.29. The number of esters is 1. The van der Waals surface area contributed by atoms with E-state index in [0.717, 1.165) is 6.42 Å². The number of carbonyl (C=O) groups is 2. The average Bonchev–Trinajstić information content (AvgIpc) is 2.68. The van der Waals surface area contributed by atoms with Crippen LogP contribution in [0.25, 0.3) is 0 Å². The van der Waals surface area contributed by atoms with Gasteiger partial charge in [-0.05, 0) is 68.9 Å². The molecule has 1 fully saturated rings. The lowest BCUT2D eigenvalue weighted by Gasteiger charge is -2.39. The number of alkyl halides is 3. The second-order valence-corrected chi connectivity index (χ2v) is 7.91. The number of hydrogen-bond acceptors (Lipinski definition) is 5. The van der Waals surface area contributed by atoms with Gasteiger partial charge in [0, 0.05) is 13.0 Å². The molecule has 0 spiro atoms. The summed E-state index contributed by atoms with van der Waals surface area (Å²) < 4.78 is 52.7. The van der Waals surface area contributed by atoms with Gasteiger partial charge in [-0.25, -0.2) is 4.79 Å². The number of amides is 1. The number of rotatable bonds is 8. The fraction of sp³-hybridized carbons (Fsp3) is 0.636. The van der Waals surface area contributed by atoms with Crippen molar-refractivity contribution in [3.8, 4) is 5.75 Å². The van der Waals surface area contributed by atoms with Gasteiger partial charge in [0.15, 0.2) is 6.61 Å². The van der Waals surface area contributed by atoms with Crippen molar-refractivity contribution in [3.05, 3.63) is 28.8 Å². The highest BCUT2D eigenvalue weighted by molar-refractivity contribution is 5.89. The monoisotopic (exact) mass is 445 g/mol. The third kappa shape index (κ3) is 6.85. The van der Waals surface area contributed by atoms with Gasteiger partial charge < -0.3 is 19.5 Å². The molecule has 0 unspecified atom stereocenters. The molecule has 1 aliphatic rings. The molecule has 0 aliphatic heterocycles. The smallest absolute Gasteiger partial charge is 0.422 e. The lowest BCUT2D eigenvalue weighted by Crippen LogP contribution is -2.59. The van der Waals surface area contributed by atoms with Crippen molar-refractivity contribution in [2.45, 2.75) is 70.7 Å². The lowest BCUT2D eigenvalue weighted by molar-refractivity contribution is -0.155. The summed E-state index contributed by atoms with van der Waals surface area (Å²) in [5.41, 5.74) is 0.793. The Morgan fingerprint density at radius 1 is 1.23 bits per heavy atom. The summed E-state index contributed by atoms with van der Waals surface area (Å²) in [7, 11) is 1.29. The maximum absolute atomic E-state index is 12.9. The molecule has 174 valence electrons. The summed E-state index contributed by atoms with van der Waals surface area (Å²) in [6.45, 7) is 4.42. The first-order valence-electron chi connectivity index (χ1n) is 10.3. The number of nitrogens with one attached hydrogen (secondary N) is 1. The number of ether oxygens (including phenoxy) is 3. The Bertz CT molecular complexity index is 771. The standard InChI is InChI=1S/C22H30F3NO5/c1-5-30-16-7-6-8-21(12-16,20(28)29-4)26-19(27)11-18-14(2)9-17(10-15(18)3)31-13-22(23,24)25/h9-10,16H,5-8,11-13H2,1-4H3,(H,26,27)/t16-,21-/m0/s1. The van der Waals surface area contributed by atoms with E-state index in [-0.39, 0.29) is 24.2 Å². The van der Waals surface area contributed by atoms with Gasteiger partial charge in [-0.1, -0.05) is 0 Å². The zero-order valence-corrected chi connectivity index (χ0v) is 18.4. The number of aryl methyl sites for hydroxylation is 2. The minimum absolute atomic E-state index is 0.0186. The second kappa shape index (κ2) is 10.3. The van der Waals surface area contributed by atoms with Gasteiger partial charge in [-0.3, -0.25) is 4.79 Å². The predicted molar refractivity (Wildman–Crippen MR) is 108 cm³/mol. The van der Waals surface area contributed by atoms with Crippen LogP contribution >= 0.6 is 0 Å². The fourth-order valence-corrected chi connectivity index (χ4v) is 4.10. The minimum Gasteiger partial charge on any atom is -0.484 e. The Morgan fingerprint density at radius 2 is 1.87 bits per heavy atom. The van der Waals surface area contributed by atoms with Crippen LogP contribution in [0, 0.1) is 13.8 Å². The fourth-order valence-electron chi connectivity index (χ4n) is 4.10. The molecule has 9 heteroatoms. The van der Waals surface area contributed by atoms with Crippen molar-refractivity contribution in [1.29, 1.82) is 0 Å². The normalized spacial score (nSPS) is 21.5. The Balaban J connectivity index is 2.14. The van der Waals surface area contributed by atoms with Crippen molar-refractivity contribution in [1.82, 2.24) is 5.32 Å². The molecule has 1 N–H and O–H groups in total. The molecule has 1 amide bonds. The van der Waals surface area contributed by atoms with E-state index in [2.05, 4.69) is 5.32 Å². The van der Waals surface area contributed by atoms with Crippen molar-refractivity contribution >= 4 is 11.9 Å². The zero-order chi connectivity index (χ0) is 23.2. The molecule has 2 atom stereocenters. The van der Waals surface area contributed by atoms with Gasteiger partial charge in [-0.15, -0.1) is 0 Å². The largest absolute Gasteiger partial charge is 0.484 e. The number of hydrogen-bond donors (Lipinski definition) is 1. The highest BCUT2D eigenvalue weighted by Crippen LogP contribution is 2.32. The molecular formula is C22H30F3NO5. The van der Waals surface area contributed by atoms with Crippen LogP contribution in [0.2, 0.25) is 0 Å². The molecule has 1 aromatic carbocycles. The first kappa shape index (κ1) is 25.0. The van der Waals surface area contributed by atoms with Crippen LogP contribution in [0.15, 0.2) is 12.1 Å². The van der Waals surface area contributed by atoms with E-state index in [1.807, 2.05) is 6.92 Å². The zero-order valence-electron chi connectivity index (χ0n) is 18.4. The van der Waals surface area contributed by atoms with Crippen LogP contribution in [0.4, 0.5) is 13.2 Å². The van der Waals surface area contributed by atoms with Crippen LogP contribution < -0.4 is 10.1 Å². The van der Waals surface area contributed by atoms with Crippen molar-refractivity contribution in [2.24, 2.45) is 0 Å². The molecule has 0 heterocycles. The number of carbonyl (C=O) groups excluding carboxylic acids is 2. The molecule has 0 radical (unpaired) electrons. The van der Waals surface area contributed by atoms with E-state index in [0.29, 0.717) is 42.6 Å². The van der Waals surface area contributed by atoms with Crippen LogP contribution in [0.3, 0.4) is 0 Å². The van der Waals surface area contributed by atoms with Gasteiger partial charge in [0.1, 0.15) is 11.3 Å². The summed E-state index contributed by atoms with van der Waals surface area (Å²) >= 11 is 0. The first-order valence-corrected chi connectivity index (χ1v) is 10.3. The first-order chi connectivity index (χ1) is 14.5. The Hall–Kier alpha value is -2.29. The van der Waals surface area contributed by atoms with Gasteiger partial charge in [0.2, 0.25) is 5.91 Å². The Morgan fingerprint density at radius 3 is 2.42 bits per heavy atom. The summed E-state index contributed by atoms with van der Waals surface area (Å²) in [5.74, 6) is -0.776. The third-order valence-electron chi connectivity index (χ3n) is 5.47. The van der Waals surface area contributed by atoms with E-state index in [1.54, 1.807) is 13.8 Å². The summed E-state index contributed by atoms with van der Waals surface area (Å²) in [6, 6.07) is 2.95.